The van der Waals surface area contributed by atoms with Crippen LogP contribution >= 0.6 is 0 Å². The lowest BCUT2D eigenvalue weighted by Gasteiger charge is -2.05. The molecule has 0 aliphatic rings. The highest BCUT2D eigenvalue weighted by Gasteiger charge is 2.14. The van der Waals surface area contributed by atoms with Crippen molar-refractivity contribution in [2.75, 3.05) is 27.3 Å². The van der Waals surface area contributed by atoms with E-state index in [0.29, 0.717) is 30.3 Å². The van der Waals surface area contributed by atoms with Crippen LogP contribution in [0.15, 0.2) is 18.2 Å². The molecule has 0 bridgehead atoms. The molecule has 1 aromatic carbocycles. The fourth-order valence-electron chi connectivity index (χ4n) is 1.92. The first-order chi connectivity index (χ1) is 9.21. The van der Waals surface area contributed by atoms with Crippen molar-refractivity contribution in [3.63, 3.8) is 0 Å². The molecule has 0 saturated carbocycles. The van der Waals surface area contributed by atoms with E-state index in [1.807, 2.05) is 0 Å². The standard InChI is InChI=1S/C13H17N3O3/c1-18-10-3-4-11(19-2)12-8(10)7-9(16-12)13(17)15-6-5-14/h3-4,7,16H,5-6,14H2,1-2H3,(H,15,17). The molecule has 0 aliphatic heterocycles. The number of H-pyrrole nitrogens is 1. The number of hydrogen-bond acceptors (Lipinski definition) is 4. The van der Waals surface area contributed by atoms with Crippen molar-refractivity contribution in [2.45, 2.75) is 0 Å². The topological polar surface area (TPSA) is 89.4 Å². The number of ether oxygens (including phenoxy) is 2. The number of aromatic nitrogens is 1. The molecule has 0 atom stereocenters. The van der Waals surface area contributed by atoms with Crippen molar-refractivity contribution < 1.29 is 14.3 Å². The molecule has 0 saturated heterocycles. The number of amides is 1. The smallest absolute Gasteiger partial charge is 0.267 e. The minimum absolute atomic E-state index is 0.203. The number of carbonyl (C=O) groups is 1. The Morgan fingerprint density at radius 1 is 1.32 bits per heavy atom. The van der Waals surface area contributed by atoms with Crippen molar-refractivity contribution in [3.8, 4) is 11.5 Å². The largest absolute Gasteiger partial charge is 0.496 e. The normalized spacial score (nSPS) is 10.5. The number of nitrogens with two attached hydrogens (primary N) is 1. The Kier molecular flexibility index (Phi) is 3.91. The molecule has 102 valence electrons. The molecule has 1 amide bonds. The first-order valence-electron chi connectivity index (χ1n) is 5.93. The number of carbonyl (C=O) groups excluding carboxylic acids is 1. The summed E-state index contributed by atoms with van der Waals surface area (Å²) in [7, 11) is 3.17. The molecule has 0 fully saturated rings. The van der Waals surface area contributed by atoms with Gasteiger partial charge < -0.3 is 25.5 Å². The molecule has 2 aromatic rings. The fraction of sp³-hybridized carbons (Fsp3) is 0.308. The Morgan fingerprint density at radius 3 is 2.63 bits per heavy atom. The van der Waals surface area contributed by atoms with Crippen LogP contribution in [0, 0.1) is 0 Å². The summed E-state index contributed by atoms with van der Waals surface area (Å²) in [6.45, 7) is 0.834. The maximum atomic E-state index is 11.9. The summed E-state index contributed by atoms with van der Waals surface area (Å²) >= 11 is 0. The summed E-state index contributed by atoms with van der Waals surface area (Å²) in [6, 6.07) is 5.33. The highest BCUT2D eigenvalue weighted by Crippen LogP contribution is 2.33. The quantitative estimate of drug-likeness (QED) is 0.747. The van der Waals surface area contributed by atoms with Crippen molar-refractivity contribution in [1.29, 1.82) is 0 Å². The molecule has 2 rings (SSSR count). The Labute approximate surface area is 110 Å². The van der Waals surface area contributed by atoms with Crippen molar-refractivity contribution in [1.82, 2.24) is 10.3 Å². The summed E-state index contributed by atoms with van der Waals surface area (Å²) in [5, 5.41) is 3.51. The van der Waals surface area contributed by atoms with E-state index in [9.17, 15) is 4.79 Å². The molecule has 0 aliphatic carbocycles. The first kappa shape index (κ1) is 13.2. The second-order valence-corrected chi connectivity index (χ2v) is 3.99. The summed E-state index contributed by atoms with van der Waals surface area (Å²) in [6.07, 6.45) is 0. The second-order valence-electron chi connectivity index (χ2n) is 3.99. The lowest BCUT2D eigenvalue weighted by atomic mass is 10.2. The Morgan fingerprint density at radius 2 is 2.00 bits per heavy atom. The minimum atomic E-state index is -0.203. The van der Waals surface area contributed by atoms with Crippen LogP contribution in [-0.4, -0.2) is 38.2 Å². The van der Waals surface area contributed by atoms with Crippen LogP contribution in [0.3, 0.4) is 0 Å². The maximum absolute atomic E-state index is 11.9. The van der Waals surface area contributed by atoms with Crippen molar-refractivity contribution >= 4 is 16.8 Å². The van der Waals surface area contributed by atoms with Gasteiger partial charge >= 0.3 is 0 Å². The van der Waals surface area contributed by atoms with Crippen LogP contribution in [-0.2, 0) is 0 Å². The third-order valence-corrected chi connectivity index (χ3v) is 2.83. The molecular formula is C13H17N3O3. The van der Waals surface area contributed by atoms with Gasteiger partial charge in [0.15, 0.2) is 0 Å². The first-order valence-corrected chi connectivity index (χ1v) is 5.93. The summed E-state index contributed by atoms with van der Waals surface area (Å²) in [5.41, 5.74) is 6.54. The maximum Gasteiger partial charge on any atom is 0.267 e. The molecule has 0 unspecified atom stereocenters. The predicted molar refractivity (Wildman–Crippen MR) is 72.8 cm³/mol. The molecular weight excluding hydrogens is 246 g/mol. The molecule has 0 spiro atoms. The van der Waals surface area contributed by atoms with Crippen LogP contribution in [0.1, 0.15) is 10.5 Å². The molecule has 19 heavy (non-hydrogen) atoms. The van der Waals surface area contributed by atoms with Gasteiger partial charge in [0.05, 0.1) is 19.7 Å². The van der Waals surface area contributed by atoms with Gasteiger partial charge in [-0.05, 0) is 18.2 Å². The van der Waals surface area contributed by atoms with E-state index >= 15 is 0 Å². The van der Waals surface area contributed by atoms with Crippen LogP contribution in [0.2, 0.25) is 0 Å². The van der Waals surface area contributed by atoms with Crippen LogP contribution < -0.4 is 20.5 Å². The molecule has 1 heterocycles. The van der Waals surface area contributed by atoms with Gasteiger partial charge in [-0.3, -0.25) is 4.79 Å². The molecule has 0 radical (unpaired) electrons. The number of benzene rings is 1. The third-order valence-electron chi connectivity index (χ3n) is 2.83. The highest BCUT2D eigenvalue weighted by molar-refractivity contribution is 6.01. The monoisotopic (exact) mass is 263 g/mol. The van der Waals surface area contributed by atoms with E-state index in [1.54, 1.807) is 32.4 Å². The van der Waals surface area contributed by atoms with Gasteiger partial charge in [-0.2, -0.15) is 0 Å². The molecule has 1 aromatic heterocycles. The number of fused-ring (bicyclic) bond motifs is 1. The highest BCUT2D eigenvalue weighted by atomic mass is 16.5. The van der Waals surface area contributed by atoms with Gasteiger partial charge in [-0.1, -0.05) is 0 Å². The van der Waals surface area contributed by atoms with Gasteiger partial charge in [0.25, 0.3) is 5.91 Å². The summed E-state index contributed by atoms with van der Waals surface area (Å²) in [5.74, 6) is 1.14. The van der Waals surface area contributed by atoms with Gasteiger partial charge in [-0.25, -0.2) is 0 Å². The molecule has 6 nitrogen and oxygen atoms in total. The number of aromatic amines is 1. The lowest BCUT2D eigenvalue weighted by Crippen LogP contribution is -2.29. The van der Waals surface area contributed by atoms with Gasteiger partial charge in [0.1, 0.15) is 17.2 Å². The van der Waals surface area contributed by atoms with E-state index in [2.05, 4.69) is 10.3 Å². The van der Waals surface area contributed by atoms with E-state index in [4.69, 9.17) is 15.2 Å². The Balaban J connectivity index is 2.46. The van der Waals surface area contributed by atoms with Gasteiger partial charge in [0.2, 0.25) is 0 Å². The zero-order valence-corrected chi connectivity index (χ0v) is 10.9. The summed E-state index contributed by atoms with van der Waals surface area (Å²) in [4.78, 5) is 14.9. The average molecular weight is 263 g/mol. The number of hydrogen-bond donors (Lipinski definition) is 3. The number of methoxy groups -OCH3 is 2. The van der Waals surface area contributed by atoms with Crippen LogP contribution in [0.5, 0.6) is 11.5 Å². The van der Waals surface area contributed by atoms with E-state index in [-0.39, 0.29) is 5.91 Å². The lowest BCUT2D eigenvalue weighted by molar-refractivity contribution is 0.0950. The zero-order chi connectivity index (χ0) is 13.8. The fourth-order valence-corrected chi connectivity index (χ4v) is 1.92. The van der Waals surface area contributed by atoms with Crippen LogP contribution in [0.4, 0.5) is 0 Å². The number of rotatable bonds is 5. The molecule has 4 N–H and O–H groups in total. The van der Waals surface area contributed by atoms with Gasteiger partial charge in [0, 0.05) is 18.5 Å². The minimum Gasteiger partial charge on any atom is -0.496 e. The van der Waals surface area contributed by atoms with Crippen molar-refractivity contribution in [3.05, 3.63) is 23.9 Å². The number of nitrogens with one attached hydrogen (secondary N) is 2. The Hall–Kier alpha value is -2.21. The SMILES string of the molecule is COc1ccc(OC)c2[nH]c(C(=O)NCCN)cc12. The zero-order valence-electron chi connectivity index (χ0n) is 10.9. The van der Waals surface area contributed by atoms with E-state index < -0.39 is 0 Å². The van der Waals surface area contributed by atoms with Crippen LogP contribution in [0.25, 0.3) is 10.9 Å². The van der Waals surface area contributed by atoms with Crippen molar-refractivity contribution in [2.24, 2.45) is 5.73 Å². The van der Waals surface area contributed by atoms with E-state index in [1.165, 1.54) is 0 Å². The predicted octanol–water partition coefficient (Wildman–Crippen LogP) is 0.874. The average Bonchev–Trinajstić information content (AvgIpc) is 2.88. The second kappa shape index (κ2) is 5.62. The van der Waals surface area contributed by atoms with E-state index in [0.717, 1.165) is 10.9 Å². The third kappa shape index (κ3) is 2.48. The summed E-state index contributed by atoms with van der Waals surface area (Å²) < 4.78 is 10.5. The Bertz CT molecular complexity index is 551. The molecule has 6 heteroatoms. The van der Waals surface area contributed by atoms with Gasteiger partial charge in [-0.15, -0.1) is 0 Å².